The normalized spacial score (nSPS) is 5.90. The SMILES string of the molecule is O=P(O)(O)O.[AlH3].[H-].[H-].[H-].[Li+].[Sr+2].[Ta].[Zr]. The predicted octanol–water partition coefficient (Wildman–Crippen LogP) is -5.16. The van der Waals surface area contributed by atoms with Crippen molar-refractivity contribution in [2.24, 2.45) is 0 Å². The summed E-state index contributed by atoms with van der Waals surface area (Å²) in [6.45, 7) is 0. The van der Waals surface area contributed by atoms with Gasteiger partial charge in [-0.15, -0.1) is 0 Å². The molecule has 0 saturated heterocycles. The zero-order valence-corrected chi connectivity index (χ0v) is 14.9. The molecule has 0 aromatic rings. The van der Waals surface area contributed by atoms with Gasteiger partial charge in [0, 0.05) is 48.6 Å². The van der Waals surface area contributed by atoms with Crippen LogP contribution in [-0.4, -0.2) is 77.5 Å². The first-order valence-electron chi connectivity index (χ1n) is 0.783. The Bertz CT molecular complexity index is 81.5. The van der Waals surface area contributed by atoms with Gasteiger partial charge in [-0.05, 0) is 0 Å². The van der Waals surface area contributed by atoms with Gasteiger partial charge in [0.05, 0.1) is 0 Å². The predicted molar refractivity (Wildman–Crippen MR) is 33.3 cm³/mol. The third-order valence-corrected chi connectivity index (χ3v) is 0. The van der Waals surface area contributed by atoms with Gasteiger partial charge in [0.2, 0.25) is 0 Å². The van der Waals surface area contributed by atoms with Crippen molar-refractivity contribution in [3.05, 3.63) is 0 Å². The molecule has 0 saturated carbocycles. The van der Waals surface area contributed by atoms with Gasteiger partial charge in [0.25, 0.3) is 0 Å². The Kier molecular flexibility index (Phi) is 69.7. The van der Waals surface area contributed by atoms with Gasteiger partial charge in [-0.3, -0.25) is 0 Å². The number of hydrogen-bond donors (Lipinski definition) is 3. The molecular weight excluding hydrogens is 489 g/mol. The van der Waals surface area contributed by atoms with Crippen molar-refractivity contribution in [2.75, 3.05) is 0 Å². The van der Waals surface area contributed by atoms with Crippen molar-refractivity contribution in [3.63, 3.8) is 0 Å². The van der Waals surface area contributed by atoms with Crippen LogP contribution in [0.1, 0.15) is 4.28 Å². The molecule has 0 aromatic heterocycles. The van der Waals surface area contributed by atoms with Crippen LogP contribution in [0.4, 0.5) is 0 Å². The minimum absolute atomic E-state index is 0. The van der Waals surface area contributed by atoms with Gasteiger partial charge < -0.3 is 19.0 Å². The van der Waals surface area contributed by atoms with E-state index < -0.39 is 7.82 Å². The molecule has 53 valence electrons. The van der Waals surface area contributed by atoms with Crippen molar-refractivity contribution in [2.45, 2.75) is 0 Å². The van der Waals surface area contributed by atoms with Crippen molar-refractivity contribution < 1.29 is 91.0 Å². The zero-order valence-electron chi connectivity index (χ0n) is 7.85. The summed E-state index contributed by atoms with van der Waals surface area (Å²) in [6.07, 6.45) is 0. The van der Waals surface area contributed by atoms with Crippen molar-refractivity contribution in [1.82, 2.24) is 0 Å². The molecule has 0 aliphatic carbocycles. The molecule has 0 fully saturated rings. The Balaban J connectivity index is -0.00000000286. The molecule has 0 aliphatic rings. The second kappa shape index (κ2) is 19.0. The van der Waals surface area contributed by atoms with E-state index in [1.807, 2.05) is 0 Å². The molecule has 10 heteroatoms. The maximum absolute atomic E-state index is 8.88. The van der Waals surface area contributed by atoms with Gasteiger partial charge in [-0.1, -0.05) is 0 Å². The Morgan fingerprint density at radius 1 is 1.20 bits per heavy atom. The fourth-order valence-electron chi connectivity index (χ4n) is 0. The van der Waals surface area contributed by atoms with Gasteiger partial charge >= 0.3 is 72.2 Å². The minimum Gasteiger partial charge on any atom is -1.00 e. The molecule has 10 heavy (non-hydrogen) atoms. The van der Waals surface area contributed by atoms with Crippen LogP contribution >= 0.6 is 7.82 Å². The average molecular weight is 498 g/mol. The van der Waals surface area contributed by atoms with Crippen LogP contribution in [0.25, 0.3) is 0 Å². The van der Waals surface area contributed by atoms with E-state index in [2.05, 4.69) is 0 Å². The monoisotopic (exact) mass is 497 g/mol. The fraction of sp³-hybridized carbons (Fsp3) is 0. The van der Waals surface area contributed by atoms with Gasteiger partial charge in [-0.2, -0.15) is 0 Å². The summed E-state index contributed by atoms with van der Waals surface area (Å²) in [5, 5.41) is 0. The van der Waals surface area contributed by atoms with Crippen LogP contribution in [0.2, 0.25) is 0 Å². The third-order valence-electron chi connectivity index (χ3n) is 0. The molecule has 0 amide bonds. The van der Waals surface area contributed by atoms with E-state index in [1.165, 1.54) is 0 Å². The minimum atomic E-state index is -4.64. The Hall–Kier alpha value is 4.34. The first kappa shape index (κ1) is 36.7. The van der Waals surface area contributed by atoms with Crippen LogP contribution in [0.3, 0.4) is 0 Å². The number of hydrogen-bond acceptors (Lipinski definition) is 1. The van der Waals surface area contributed by atoms with Crippen LogP contribution in [0.15, 0.2) is 0 Å². The zero-order chi connectivity index (χ0) is 4.50. The summed E-state index contributed by atoms with van der Waals surface area (Å²) in [4.78, 5) is 21.6. The molecule has 0 spiro atoms. The van der Waals surface area contributed by atoms with Crippen molar-refractivity contribution in [3.8, 4) is 0 Å². The molecule has 0 bridgehead atoms. The standard InChI is InChI=1S/Al.Li.H3O4P.Sr.Ta.Zr.6H/c;;1-5(2,3)4;;;;;;;;;/h;;(H3,1,2,3,4);;;;;;;;;/q;+1;;+2;;;;;;3*-1. The molecule has 0 aliphatic heterocycles. The topological polar surface area (TPSA) is 77.8 Å². The summed E-state index contributed by atoms with van der Waals surface area (Å²) in [5.41, 5.74) is 0. The molecule has 0 aromatic carbocycles. The molecule has 0 heterocycles. The number of phosphoric acid groups is 1. The van der Waals surface area contributed by atoms with E-state index >= 15 is 0 Å². The molecule has 4 nitrogen and oxygen atoms in total. The molecule has 0 rings (SSSR count). The number of rotatable bonds is 0. The van der Waals surface area contributed by atoms with E-state index in [-0.39, 0.29) is 135 Å². The summed E-state index contributed by atoms with van der Waals surface area (Å²) in [5.74, 6) is 0. The van der Waals surface area contributed by atoms with Crippen molar-refractivity contribution in [1.29, 1.82) is 0 Å². The molecule has 1 radical (unpaired) electrons. The third kappa shape index (κ3) is 84.2. The van der Waals surface area contributed by atoms with Crippen LogP contribution in [0.5, 0.6) is 0 Å². The Morgan fingerprint density at radius 3 is 1.20 bits per heavy atom. The van der Waals surface area contributed by atoms with Crippen molar-refractivity contribution >= 4 is 70.7 Å². The molecular formula is H9AlLiO4PSrTaZr. The summed E-state index contributed by atoms with van der Waals surface area (Å²) in [6, 6.07) is 0. The van der Waals surface area contributed by atoms with Crippen LogP contribution < -0.4 is 18.9 Å². The molecule has 0 unspecified atom stereocenters. The quantitative estimate of drug-likeness (QED) is 0.231. The van der Waals surface area contributed by atoms with Crippen LogP contribution in [0, 0.1) is 0 Å². The van der Waals surface area contributed by atoms with E-state index in [0.29, 0.717) is 0 Å². The maximum atomic E-state index is 8.88. The van der Waals surface area contributed by atoms with Gasteiger partial charge in [0.1, 0.15) is 0 Å². The smallest absolute Gasteiger partial charge is 1.00 e. The van der Waals surface area contributed by atoms with E-state index in [4.69, 9.17) is 19.2 Å². The second-order valence-electron chi connectivity index (χ2n) is 0.513. The van der Waals surface area contributed by atoms with E-state index in [1.54, 1.807) is 0 Å². The van der Waals surface area contributed by atoms with Gasteiger partial charge in [0.15, 0.2) is 17.4 Å². The first-order valence-corrected chi connectivity index (χ1v) is 2.35. The van der Waals surface area contributed by atoms with E-state index in [0.717, 1.165) is 0 Å². The summed E-state index contributed by atoms with van der Waals surface area (Å²) in [7, 11) is -4.64. The maximum Gasteiger partial charge on any atom is 2.00 e. The van der Waals surface area contributed by atoms with E-state index in [9.17, 15) is 0 Å². The summed E-state index contributed by atoms with van der Waals surface area (Å²) >= 11 is 0. The molecule has 0 atom stereocenters. The summed E-state index contributed by atoms with van der Waals surface area (Å²) < 4.78 is 8.88. The fourth-order valence-corrected chi connectivity index (χ4v) is 0. The Labute approximate surface area is 158 Å². The average Bonchev–Trinajstić information content (AvgIpc) is 0.722. The van der Waals surface area contributed by atoms with Crippen LogP contribution in [-0.2, 0) is 53.1 Å². The second-order valence-corrected chi connectivity index (χ2v) is 1.54. The largest absolute Gasteiger partial charge is 2.00 e. The first-order chi connectivity index (χ1) is 2.00. The Morgan fingerprint density at radius 2 is 1.20 bits per heavy atom. The molecule has 3 N–H and O–H groups in total. The van der Waals surface area contributed by atoms with Gasteiger partial charge in [-0.25, -0.2) is 4.57 Å².